The number of fused-ring (bicyclic) bond motifs is 1. The van der Waals surface area contributed by atoms with E-state index in [1.807, 2.05) is 12.1 Å². The summed E-state index contributed by atoms with van der Waals surface area (Å²) in [5.41, 5.74) is 0.0271. The molecule has 2 aromatic rings. The Labute approximate surface area is 169 Å². The number of ether oxygens (including phenoxy) is 4. The van der Waals surface area contributed by atoms with Crippen molar-refractivity contribution in [1.82, 2.24) is 5.32 Å². The van der Waals surface area contributed by atoms with Crippen LogP contribution in [-0.2, 0) is 18.9 Å². The van der Waals surface area contributed by atoms with Crippen molar-refractivity contribution < 1.29 is 40.9 Å². The maximum Gasteiger partial charge on any atom is 0.458 e. The lowest BCUT2D eigenvalue weighted by atomic mass is 10.0. The Morgan fingerprint density at radius 3 is 2.37 bits per heavy atom. The molecule has 0 aromatic heterocycles. The average Bonchev–Trinajstić information content (AvgIpc) is 3.19. The fraction of sp³-hybridized carbons (Fsp3) is 0.400. The maximum atomic E-state index is 13.9. The summed E-state index contributed by atoms with van der Waals surface area (Å²) in [4.78, 5) is 0. The quantitative estimate of drug-likeness (QED) is 0.494. The van der Waals surface area contributed by atoms with E-state index in [0.29, 0.717) is 42.6 Å². The zero-order valence-corrected chi connectivity index (χ0v) is 16.2. The normalized spacial score (nSPS) is 13.4. The zero-order chi connectivity index (χ0) is 21.9. The molecule has 0 saturated carbocycles. The van der Waals surface area contributed by atoms with Crippen molar-refractivity contribution in [3.8, 4) is 23.0 Å². The number of hydrogen-bond donors (Lipinski definition) is 1. The van der Waals surface area contributed by atoms with E-state index >= 15 is 0 Å². The minimum atomic E-state index is -5.75. The second-order valence-corrected chi connectivity index (χ2v) is 6.51. The summed E-state index contributed by atoms with van der Waals surface area (Å²) in [6.45, 7) is 1.01. The van der Waals surface area contributed by atoms with Gasteiger partial charge in [-0.05, 0) is 36.7 Å². The van der Waals surface area contributed by atoms with Crippen LogP contribution in [0.5, 0.6) is 23.0 Å². The van der Waals surface area contributed by atoms with Crippen molar-refractivity contribution in [3.05, 3.63) is 47.0 Å². The molecule has 5 nitrogen and oxygen atoms in total. The number of para-hydroxylation sites is 1. The molecule has 0 unspecified atom stereocenters. The fourth-order valence-electron chi connectivity index (χ4n) is 3.13. The van der Waals surface area contributed by atoms with Gasteiger partial charge in [0, 0.05) is 12.1 Å². The van der Waals surface area contributed by atoms with Gasteiger partial charge in [0.05, 0.1) is 19.8 Å². The van der Waals surface area contributed by atoms with Crippen molar-refractivity contribution in [1.29, 1.82) is 0 Å². The van der Waals surface area contributed by atoms with E-state index < -0.39 is 23.4 Å². The molecule has 0 amide bonds. The molecular weight excluding hydrogens is 413 g/mol. The Hall–Kier alpha value is -2.75. The van der Waals surface area contributed by atoms with E-state index in [0.717, 1.165) is 18.7 Å². The summed E-state index contributed by atoms with van der Waals surface area (Å²) < 4.78 is 86.7. The predicted octanol–water partition coefficient (Wildman–Crippen LogP) is 4.42. The van der Waals surface area contributed by atoms with Gasteiger partial charge < -0.3 is 24.3 Å². The van der Waals surface area contributed by atoms with Gasteiger partial charge in [0.1, 0.15) is 11.5 Å². The van der Waals surface area contributed by atoms with Crippen molar-refractivity contribution in [2.24, 2.45) is 0 Å². The molecule has 0 bridgehead atoms. The molecule has 2 aromatic carbocycles. The molecule has 0 saturated heterocycles. The third-order valence-corrected chi connectivity index (χ3v) is 4.66. The van der Waals surface area contributed by atoms with Gasteiger partial charge in [0.2, 0.25) is 6.79 Å². The van der Waals surface area contributed by atoms with Gasteiger partial charge in [-0.3, -0.25) is 0 Å². The summed E-state index contributed by atoms with van der Waals surface area (Å²) >= 11 is 0. The smallest absolute Gasteiger partial charge is 0.458 e. The third kappa shape index (κ3) is 4.23. The molecule has 1 aliphatic rings. The lowest BCUT2D eigenvalue weighted by molar-refractivity contribution is -0.289. The zero-order valence-electron chi connectivity index (χ0n) is 16.2. The Morgan fingerprint density at radius 1 is 0.967 bits per heavy atom. The van der Waals surface area contributed by atoms with Crippen molar-refractivity contribution in [2.45, 2.75) is 25.1 Å². The van der Waals surface area contributed by atoms with Gasteiger partial charge in [-0.1, -0.05) is 12.1 Å². The minimum absolute atomic E-state index is 0.0751. The Kier molecular flexibility index (Phi) is 6.25. The van der Waals surface area contributed by atoms with Crippen LogP contribution in [0.3, 0.4) is 0 Å². The fourth-order valence-corrected chi connectivity index (χ4v) is 3.13. The van der Waals surface area contributed by atoms with Gasteiger partial charge >= 0.3 is 12.1 Å². The van der Waals surface area contributed by atoms with Gasteiger partial charge in [-0.15, -0.1) is 0 Å². The number of halogens is 5. The highest BCUT2D eigenvalue weighted by Gasteiger charge is 2.60. The molecule has 1 aliphatic heterocycles. The van der Waals surface area contributed by atoms with E-state index in [1.165, 1.54) is 7.11 Å². The van der Waals surface area contributed by atoms with Crippen LogP contribution < -0.4 is 24.3 Å². The van der Waals surface area contributed by atoms with E-state index in [-0.39, 0.29) is 12.5 Å². The number of hydrogen-bond acceptors (Lipinski definition) is 5. The molecule has 1 heterocycles. The molecule has 0 aliphatic carbocycles. The Balaban J connectivity index is 1.73. The number of nitrogens with one attached hydrogen (secondary N) is 1. The molecule has 0 radical (unpaired) electrons. The molecule has 0 spiro atoms. The topological polar surface area (TPSA) is 49.0 Å². The van der Waals surface area contributed by atoms with Crippen LogP contribution in [-0.4, -0.2) is 33.7 Å². The first-order valence-electron chi connectivity index (χ1n) is 8.97. The second-order valence-electron chi connectivity index (χ2n) is 6.51. The first-order valence-corrected chi connectivity index (χ1v) is 8.97. The van der Waals surface area contributed by atoms with E-state index in [9.17, 15) is 22.0 Å². The average molecular weight is 433 g/mol. The molecule has 0 atom stereocenters. The molecule has 1 N–H and O–H groups in total. The lowest BCUT2D eigenvalue weighted by Gasteiger charge is -2.23. The SMILES string of the molecule is COc1cc(C(F)(F)C(F)(F)F)c(OC)cc1CCNCc1cccc2c1OCO2. The number of benzene rings is 2. The van der Waals surface area contributed by atoms with Crippen LogP contribution in [0.15, 0.2) is 30.3 Å². The summed E-state index contributed by atoms with van der Waals surface area (Å²) in [7, 11) is 2.25. The summed E-state index contributed by atoms with van der Waals surface area (Å²) in [5.74, 6) is -4.39. The van der Waals surface area contributed by atoms with Gasteiger partial charge in [-0.2, -0.15) is 22.0 Å². The standard InChI is InChI=1S/C20H20F5NO4/c1-27-16-9-14(19(21,22)20(23,24)25)17(28-2)8-12(16)6-7-26-10-13-4-3-5-15-18(13)30-11-29-15/h3-5,8-9,26H,6-7,10-11H2,1-2H3. The van der Waals surface area contributed by atoms with E-state index in [1.54, 1.807) is 6.07 Å². The molecular formula is C20H20F5NO4. The summed E-state index contributed by atoms with van der Waals surface area (Å²) in [6, 6.07) is 7.32. The molecule has 0 fully saturated rings. The Morgan fingerprint density at radius 2 is 1.70 bits per heavy atom. The summed E-state index contributed by atoms with van der Waals surface area (Å²) in [5, 5.41) is 3.18. The van der Waals surface area contributed by atoms with Crippen LogP contribution >= 0.6 is 0 Å². The van der Waals surface area contributed by atoms with Crippen LogP contribution in [0, 0.1) is 0 Å². The minimum Gasteiger partial charge on any atom is -0.496 e. The van der Waals surface area contributed by atoms with Crippen LogP contribution in [0.25, 0.3) is 0 Å². The molecule has 10 heteroatoms. The van der Waals surface area contributed by atoms with Crippen LogP contribution in [0.4, 0.5) is 22.0 Å². The van der Waals surface area contributed by atoms with Crippen molar-refractivity contribution >= 4 is 0 Å². The largest absolute Gasteiger partial charge is 0.496 e. The number of rotatable bonds is 8. The molecule has 30 heavy (non-hydrogen) atoms. The highest BCUT2D eigenvalue weighted by molar-refractivity contribution is 5.49. The van der Waals surface area contributed by atoms with Crippen LogP contribution in [0.2, 0.25) is 0 Å². The number of methoxy groups -OCH3 is 2. The second kappa shape index (κ2) is 8.55. The van der Waals surface area contributed by atoms with E-state index in [4.69, 9.17) is 18.9 Å². The first kappa shape index (κ1) is 21.9. The van der Waals surface area contributed by atoms with E-state index in [2.05, 4.69) is 5.32 Å². The predicted molar refractivity (Wildman–Crippen MR) is 97.5 cm³/mol. The van der Waals surface area contributed by atoms with Crippen molar-refractivity contribution in [3.63, 3.8) is 0 Å². The van der Waals surface area contributed by atoms with Crippen molar-refractivity contribution in [2.75, 3.05) is 27.6 Å². The first-order chi connectivity index (χ1) is 14.2. The van der Waals surface area contributed by atoms with Gasteiger partial charge in [0.25, 0.3) is 0 Å². The Bertz CT molecular complexity index is 901. The monoisotopic (exact) mass is 433 g/mol. The lowest BCUT2D eigenvalue weighted by Crippen LogP contribution is -2.34. The van der Waals surface area contributed by atoms with Gasteiger partial charge in [-0.25, -0.2) is 0 Å². The van der Waals surface area contributed by atoms with Gasteiger partial charge in [0.15, 0.2) is 11.5 Å². The highest BCUT2D eigenvalue weighted by Crippen LogP contribution is 2.48. The number of alkyl halides is 5. The maximum absolute atomic E-state index is 13.9. The van der Waals surface area contributed by atoms with Crippen LogP contribution in [0.1, 0.15) is 16.7 Å². The molecule has 164 valence electrons. The third-order valence-electron chi connectivity index (χ3n) is 4.66. The summed E-state index contributed by atoms with van der Waals surface area (Å²) in [6.07, 6.45) is -5.44. The molecule has 3 rings (SSSR count). The highest BCUT2D eigenvalue weighted by atomic mass is 19.4.